The van der Waals surface area contributed by atoms with E-state index in [1.54, 1.807) is 0 Å². The van der Waals surface area contributed by atoms with Gasteiger partial charge >= 0.3 is 35.5 Å². The zero-order valence-corrected chi connectivity index (χ0v) is 21.1. The van der Waals surface area contributed by atoms with Crippen molar-refractivity contribution in [2.24, 2.45) is 23.7 Å². The molecule has 8 unspecified atom stereocenters. The Balaban J connectivity index is 0.00000480. The second-order valence-corrected chi connectivity index (χ2v) is 8.86. The first-order chi connectivity index (χ1) is 14.1. The van der Waals surface area contributed by atoms with Gasteiger partial charge in [0.1, 0.15) is 6.10 Å². The van der Waals surface area contributed by atoms with E-state index in [2.05, 4.69) is 13.0 Å². The molecule has 3 N–H and O–H groups in total. The SMILES string of the molecule is CCC(C)C(=O)OC1CC(O)C=C2C=CC(C)C(CCC(O)CC(O)CC(=O)[O-])C21.[Na+]. The molecule has 0 heterocycles. The van der Waals surface area contributed by atoms with Crippen LogP contribution in [0.2, 0.25) is 0 Å². The maximum Gasteiger partial charge on any atom is 1.00 e. The molecule has 0 saturated heterocycles. The Hall–Kier alpha value is -0.700. The van der Waals surface area contributed by atoms with Gasteiger partial charge in [0.25, 0.3) is 0 Å². The number of esters is 1. The Morgan fingerprint density at radius 3 is 2.58 bits per heavy atom. The van der Waals surface area contributed by atoms with Gasteiger partial charge < -0.3 is 30.0 Å². The largest absolute Gasteiger partial charge is 1.00 e. The van der Waals surface area contributed by atoms with Gasteiger partial charge in [0, 0.05) is 24.7 Å². The predicted molar refractivity (Wildman–Crippen MR) is 109 cm³/mol. The van der Waals surface area contributed by atoms with Crippen LogP contribution in [-0.4, -0.2) is 51.7 Å². The molecule has 0 bridgehead atoms. The number of ether oxygens (including phenoxy) is 1. The van der Waals surface area contributed by atoms with Crippen LogP contribution in [0.4, 0.5) is 0 Å². The van der Waals surface area contributed by atoms with Gasteiger partial charge in [0.05, 0.1) is 24.2 Å². The number of allylic oxidation sites excluding steroid dienone is 2. The number of aliphatic hydroxyl groups excluding tert-OH is 3. The van der Waals surface area contributed by atoms with Crippen molar-refractivity contribution < 1.29 is 64.3 Å². The molecule has 0 aliphatic heterocycles. The molecule has 0 aromatic carbocycles. The number of carboxylic acid groups (broad SMARTS) is 1. The smallest absolute Gasteiger partial charge is 0.550 e. The third-order valence-electron chi connectivity index (χ3n) is 6.43. The summed E-state index contributed by atoms with van der Waals surface area (Å²) in [6, 6.07) is 0. The molecule has 31 heavy (non-hydrogen) atoms. The molecule has 0 fully saturated rings. The zero-order chi connectivity index (χ0) is 22.4. The van der Waals surface area contributed by atoms with Crippen molar-refractivity contribution in [3.8, 4) is 0 Å². The Bertz CT molecular complexity index is 662. The molecule has 8 heteroatoms. The molecular formula is C23H35NaO7. The number of fused-ring (bicyclic) bond motifs is 1. The Morgan fingerprint density at radius 2 is 1.97 bits per heavy atom. The molecule has 7 nitrogen and oxygen atoms in total. The number of aliphatic carboxylic acids is 1. The average Bonchev–Trinajstić information content (AvgIpc) is 2.65. The van der Waals surface area contributed by atoms with Crippen molar-refractivity contribution in [2.45, 2.75) is 83.7 Å². The topological polar surface area (TPSA) is 127 Å². The molecule has 0 amide bonds. The fraction of sp³-hybridized carbons (Fsp3) is 0.739. The monoisotopic (exact) mass is 446 g/mol. The maximum absolute atomic E-state index is 12.4. The number of carbonyl (C=O) groups is 2. The minimum absolute atomic E-state index is 0. The minimum Gasteiger partial charge on any atom is -0.550 e. The Kier molecular flexibility index (Phi) is 12.0. The summed E-state index contributed by atoms with van der Waals surface area (Å²) in [5.74, 6) is -1.60. The summed E-state index contributed by atoms with van der Waals surface area (Å²) in [7, 11) is 0. The second kappa shape index (κ2) is 13.1. The van der Waals surface area contributed by atoms with Crippen LogP contribution in [0.5, 0.6) is 0 Å². The van der Waals surface area contributed by atoms with E-state index in [-0.39, 0.29) is 65.6 Å². The van der Waals surface area contributed by atoms with E-state index in [1.165, 1.54) is 0 Å². The molecule has 0 aromatic heterocycles. The Labute approximate surface area is 206 Å². The van der Waals surface area contributed by atoms with Crippen molar-refractivity contribution in [3.63, 3.8) is 0 Å². The standard InChI is InChI=1S/C23H36O7.Na/c1-4-13(2)23(29)30-20-11-17(25)9-15-6-5-14(3)19(22(15)20)8-7-16(24)10-18(26)12-21(27)28;/h5-6,9,13-14,16-20,22,24-26H,4,7-8,10-12H2,1-3H3,(H,27,28);/q;+1/p-1. The van der Waals surface area contributed by atoms with Crippen molar-refractivity contribution >= 4 is 11.9 Å². The van der Waals surface area contributed by atoms with Gasteiger partial charge in [0.2, 0.25) is 0 Å². The van der Waals surface area contributed by atoms with E-state index >= 15 is 0 Å². The molecule has 0 saturated carbocycles. The minimum atomic E-state index is -1.35. The fourth-order valence-electron chi connectivity index (χ4n) is 4.51. The normalized spacial score (nSPS) is 30.3. The van der Waals surface area contributed by atoms with Gasteiger partial charge in [-0.05, 0) is 43.1 Å². The van der Waals surface area contributed by atoms with Crippen molar-refractivity contribution in [3.05, 3.63) is 23.8 Å². The number of rotatable bonds is 10. The quantitative estimate of drug-likeness (QED) is 0.265. The van der Waals surface area contributed by atoms with E-state index in [9.17, 15) is 30.0 Å². The van der Waals surface area contributed by atoms with E-state index in [4.69, 9.17) is 4.74 Å². The molecular weight excluding hydrogens is 411 g/mol. The summed E-state index contributed by atoms with van der Waals surface area (Å²) in [5.41, 5.74) is 0.949. The van der Waals surface area contributed by atoms with Crippen LogP contribution in [-0.2, 0) is 14.3 Å². The molecule has 8 atom stereocenters. The fourth-order valence-corrected chi connectivity index (χ4v) is 4.51. The van der Waals surface area contributed by atoms with Crippen molar-refractivity contribution in [1.29, 1.82) is 0 Å². The number of carboxylic acids is 1. The van der Waals surface area contributed by atoms with Gasteiger partial charge in [-0.25, -0.2) is 0 Å². The molecule has 2 aliphatic carbocycles. The Morgan fingerprint density at radius 1 is 1.29 bits per heavy atom. The van der Waals surface area contributed by atoms with E-state index in [1.807, 2.05) is 26.0 Å². The van der Waals surface area contributed by atoms with Crippen LogP contribution in [0.25, 0.3) is 0 Å². The molecule has 2 rings (SSSR count). The van der Waals surface area contributed by atoms with Crippen LogP contribution < -0.4 is 34.7 Å². The summed E-state index contributed by atoms with van der Waals surface area (Å²) in [4.78, 5) is 23.0. The van der Waals surface area contributed by atoms with Gasteiger partial charge in [-0.1, -0.05) is 39.0 Å². The summed E-state index contributed by atoms with van der Waals surface area (Å²) in [6.07, 6.45) is 4.31. The second-order valence-electron chi connectivity index (χ2n) is 8.86. The van der Waals surface area contributed by atoms with Crippen LogP contribution in [0.15, 0.2) is 23.8 Å². The summed E-state index contributed by atoms with van der Waals surface area (Å²) in [5, 5.41) is 40.8. The molecule has 0 aromatic rings. The van der Waals surface area contributed by atoms with Crippen molar-refractivity contribution in [2.75, 3.05) is 0 Å². The first-order valence-corrected chi connectivity index (χ1v) is 11.0. The first kappa shape index (κ1) is 28.3. The van der Waals surface area contributed by atoms with Gasteiger partial charge in [-0.15, -0.1) is 0 Å². The number of hydrogen-bond acceptors (Lipinski definition) is 7. The van der Waals surface area contributed by atoms with E-state index in [0.717, 1.165) is 5.57 Å². The van der Waals surface area contributed by atoms with E-state index in [0.29, 0.717) is 25.7 Å². The summed E-state index contributed by atoms with van der Waals surface area (Å²) in [6.45, 7) is 5.83. The predicted octanol–water partition coefficient (Wildman–Crippen LogP) is -1.89. The van der Waals surface area contributed by atoms with Crippen LogP contribution in [0.3, 0.4) is 0 Å². The average molecular weight is 447 g/mol. The number of carbonyl (C=O) groups excluding carboxylic acids is 2. The van der Waals surface area contributed by atoms with Crippen molar-refractivity contribution in [1.82, 2.24) is 0 Å². The van der Waals surface area contributed by atoms with Crippen LogP contribution in [0, 0.1) is 23.7 Å². The third-order valence-corrected chi connectivity index (χ3v) is 6.43. The molecule has 0 spiro atoms. The summed E-state index contributed by atoms with van der Waals surface area (Å²) >= 11 is 0. The van der Waals surface area contributed by atoms with Gasteiger partial charge in [0.15, 0.2) is 0 Å². The molecule has 0 radical (unpaired) electrons. The number of hydrogen-bond donors (Lipinski definition) is 3. The van der Waals surface area contributed by atoms with Crippen LogP contribution in [0.1, 0.15) is 59.3 Å². The van der Waals surface area contributed by atoms with E-state index < -0.39 is 36.8 Å². The number of aliphatic hydroxyl groups is 3. The summed E-state index contributed by atoms with van der Waals surface area (Å²) < 4.78 is 5.83. The molecule has 170 valence electrons. The maximum atomic E-state index is 12.4. The third kappa shape index (κ3) is 8.30. The van der Waals surface area contributed by atoms with Crippen LogP contribution >= 0.6 is 0 Å². The molecule has 2 aliphatic rings. The zero-order valence-electron chi connectivity index (χ0n) is 19.1. The van der Waals surface area contributed by atoms with Gasteiger partial charge in [-0.2, -0.15) is 0 Å². The first-order valence-electron chi connectivity index (χ1n) is 11.0. The van der Waals surface area contributed by atoms with Gasteiger partial charge in [-0.3, -0.25) is 4.79 Å².